The summed E-state index contributed by atoms with van der Waals surface area (Å²) in [5.74, 6) is -0.540. The van der Waals surface area contributed by atoms with E-state index in [2.05, 4.69) is 20.8 Å². The summed E-state index contributed by atoms with van der Waals surface area (Å²) in [6.45, 7) is 4.70. The van der Waals surface area contributed by atoms with Gasteiger partial charge in [0.2, 0.25) is 15.9 Å². The standard InChI is InChI=1S/C37H49N7O8S2/c1-3-25(2)34(44-17-16-42(37(44)49)22-29-24-53-33(40-29)20-38-36(47)48)35(46)41-31(18-26-8-5-4-6-9-26)32(45)23-43(21-28-10-7-11-28)54(51,52)30-14-12-27(13-15-30)19-39-50/h4-6,8-9,12-15,19,24-25,28,31-32,34,38,45,50H,3,7,10-11,16-18,20-23H2,1-2H3,(H,41,46)(H,47,48)/t25-,31-,32-,34-/m0/s1. The van der Waals surface area contributed by atoms with Gasteiger partial charge >= 0.3 is 12.1 Å². The molecule has 4 atom stereocenters. The Labute approximate surface area is 319 Å². The number of rotatable bonds is 19. The number of aromatic nitrogens is 1. The summed E-state index contributed by atoms with van der Waals surface area (Å²) in [7, 11) is -4.06. The first-order valence-corrected chi connectivity index (χ1v) is 20.5. The smallest absolute Gasteiger partial charge is 0.405 e. The molecule has 1 aliphatic heterocycles. The molecule has 2 heterocycles. The molecule has 1 aliphatic carbocycles. The highest BCUT2D eigenvalue weighted by molar-refractivity contribution is 7.89. The molecule has 5 N–H and O–H groups in total. The van der Waals surface area contributed by atoms with Crippen molar-refractivity contribution in [3.05, 3.63) is 81.8 Å². The zero-order valence-corrected chi connectivity index (χ0v) is 32.1. The number of urea groups is 1. The van der Waals surface area contributed by atoms with Gasteiger partial charge in [-0.2, -0.15) is 4.31 Å². The highest BCUT2D eigenvalue weighted by Gasteiger charge is 2.41. The van der Waals surface area contributed by atoms with E-state index in [0.717, 1.165) is 24.8 Å². The first-order chi connectivity index (χ1) is 25.9. The van der Waals surface area contributed by atoms with Gasteiger partial charge in [0.25, 0.3) is 0 Å². The van der Waals surface area contributed by atoms with E-state index in [9.17, 15) is 27.9 Å². The second-order valence-electron chi connectivity index (χ2n) is 13.9. The van der Waals surface area contributed by atoms with Crippen LogP contribution in [0.2, 0.25) is 0 Å². The Bertz CT molecular complexity index is 1850. The molecule has 1 saturated heterocycles. The molecule has 5 rings (SSSR count). The number of hydrogen-bond acceptors (Lipinski definition) is 10. The topological polar surface area (TPSA) is 205 Å². The molecule has 0 spiro atoms. The fourth-order valence-electron chi connectivity index (χ4n) is 6.72. The van der Waals surface area contributed by atoms with Crippen molar-refractivity contribution in [1.29, 1.82) is 0 Å². The summed E-state index contributed by atoms with van der Waals surface area (Å²) >= 11 is 1.29. The van der Waals surface area contributed by atoms with Crippen LogP contribution in [-0.2, 0) is 34.3 Å². The fourth-order valence-corrected chi connectivity index (χ4v) is 8.98. The monoisotopic (exact) mass is 783 g/mol. The zero-order chi connectivity index (χ0) is 38.8. The van der Waals surface area contributed by atoms with Crippen LogP contribution >= 0.6 is 11.3 Å². The molecule has 1 aromatic heterocycles. The molecule has 1 saturated carbocycles. The van der Waals surface area contributed by atoms with Gasteiger partial charge in [-0.05, 0) is 54.4 Å². The maximum absolute atomic E-state index is 14.3. The van der Waals surface area contributed by atoms with Crippen molar-refractivity contribution in [2.24, 2.45) is 17.0 Å². The first-order valence-electron chi connectivity index (χ1n) is 18.1. The van der Waals surface area contributed by atoms with E-state index >= 15 is 0 Å². The van der Waals surface area contributed by atoms with Gasteiger partial charge in [-0.15, -0.1) is 11.3 Å². The van der Waals surface area contributed by atoms with Gasteiger partial charge in [0.1, 0.15) is 11.0 Å². The molecule has 3 aromatic rings. The third-order valence-corrected chi connectivity index (χ3v) is 12.9. The Morgan fingerprint density at radius 1 is 1.13 bits per heavy atom. The van der Waals surface area contributed by atoms with Gasteiger partial charge in [0, 0.05) is 31.6 Å². The number of amides is 4. The van der Waals surface area contributed by atoms with Gasteiger partial charge in [0.15, 0.2) is 0 Å². The lowest BCUT2D eigenvalue weighted by Crippen LogP contribution is -2.57. The molecule has 15 nitrogen and oxygen atoms in total. The average Bonchev–Trinajstić information content (AvgIpc) is 3.74. The Morgan fingerprint density at radius 3 is 2.48 bits per heavy atom. The molecule has 4 amide bonds. The minimum atomic E-state index is -4.06. The van der Waals surface area contributed by atoms with E-state index in [-0.39, 0.29) is 55.4 Å². The molecule has 0 unspecified atom stereocenters. The molecule has 54 heavy (non-hydrogen) atoms. The lowest BCUT2D eigenvalue weighted by atomic mass is 9.85. The number of thiazole rings is 1. The molecule has 2 aromatic carbocycles. The quantitative estimate of drug-likeness (QED) is 0.0678. The predicted molar refractivity (Wildman–Crippen MR) is 203 cm³/mol. The van der Waals surface area contributed by atoms with Crippen LogP contribution in [0, 0.1) is 11.8 Å². The Hall–Kier alpha value is -4.58. The number of oxime groups is 1. The largest absolute Gasteiger partial charge is 0.465 e. The minimum Gasteiger partial charge on any atom is -0.465 e. The minimum absolute atomic E-state index is 0.0347. The van der Waals surface area contributed by atoms with Crippen molar-refractivity contribution >= 4 is 45.6 Å². The lowest BCUT2D eigenvalue weighted by Gasteiger charge is -2.36. The van der Waals surface area contributed by atoms with Crippen molar-refractivity contribution in [1.82, 2.24) is 29.7 Å². The summed E-state index contributed by atoms with van der Waals surface area (Å²) in [5, 5.41) is 40.3. The zero-order valence-electron chi connectivity index (χ0n) is 30.5. The van der Waals surface area contributed by atoms with Crippen LogP contribution in [0.5, 0.6) is 0 Å². The summed E-state index contributed by atoms with van der Waals surface area (Å²) < 4.78 is 29.4. The normalized spacial score (nSPS) is 17.4. The molecule has 17 heteroatoms. The maximum atomic E-state index is 14.3. The summed E-state index contributed by atoms with van der Waals surface area (Å²) in [6, 6.07) is 13.2. The first kappa shape index (κ1) is 40.6. The van der Waals surface area contributed by atoms with Crippen LogP contribution < -0.4 is 10.6 Å². The highest BCUT2D eigenvalue weighted by Crippen LogP contribution is 2.30. The maximum Gasteiger partial charge on any atom is 0.405 e. The van der Waals surface area contributed by atoms with Crippen LogP contribution in [-0.4, -0.2) is 112 Å². The predicted octanol–water partition coefficient (Wildman–Crippen LogP) is 3.95. The third-order valence-electron chi connectivity index (χ3n) is 10.1. The van der Waals surface area contributed by atoms with Gasteiger partial charge in [-0.25, -0.2) is 23.0 Å². The number of aliphatic hydroxyl groups is 1. The van der Waals surface area contributed by atoms with E-state index in [1.54, 1.807) is 15.2 Å². The molecule has 292 valence electrons. The molecule has 0 radical (unpaired) electrons. The Kier molecular flexibility index (Phi) is 14.0. The number of sulfonamides is 1. The summed E-state index contributed by atoms with van der Waals surface area (Å²) in [4.78, 5) is 46.7. The molecule has 0 bridgehead atoms. The summed E-state index contributed by atoms with van der Waals surface area (Å²) in [6.07, 6.45) is 2.31. The van der Waals surface area contributed by atoms with Gasteiger partial charge < -0.3 is 35.9 Å². The van der Waals surface area contributed by atoms with E-state index in [0.29, 0.717) is 35.8 Å². The average molecular weight is 784 g/mol. The second-order valence-corrected chi connectivity index (χ2v) is 16.8. The van der Waals surface area contributed by atoms with E-state index in [4.69, 9.17) is 10.3 Å². The second kappa shape index (κ2) is 18.6. The van der Waals surface area contributed by atoms with Gasteiger partial charge in [-0.1, -0.05) is 74.3 Å². The Balaban J connectivity index is 1.35. The number of carboxylic acid groups (broad SMARTS) is 1. The Morgan fingerprint density at radius 2 is 1.85 bits per heavy atom. The van der Waals surface area contributed by atoms with Gasteiger partial charge in [-0.3, -0.25) is 4.79 Å². The van der Waals surface area contributed by atoms with Crippen LogP contribution in [0.1, 0.15) is 61.4 Å². The number of carbonyl (C=O) groups excluding carboxylic acids is 2. The molecular weight excluding hydrogens is 735 g/mol. The van der Waals surface area contributed by atoms with Crippen LogP contribution in [0.4, 0.5) is 9.59 Å². The molecule has 2 aliphatic rings. The molecule has 2 fully saturated rings. The third kappa shape index (κ3) is 10.3. The van der Waals surface area contributed by atoms with Gasteiger partial charge in [0.05, 0.1) is 42.0 Å². The van der Waals surface area contributed by atoms with Crippen LogP contribution in [0.15, 0.2) is 70.0 Å². The van der Waals surface area contributed by atoms with Crippen LogP contribution in [0.25, 0.3) is 0 Å². The summed E-state index contributed by atoms with van der Waals surface area (Å²) in [5.41, 5.74) is 1.97. The number of nitrogens with zero attached hydrogens (tertiary/aromatic N) is 5. The fraction of sp³-hybridized carbons (Fsp3) is 0.486. The van der Waals surface area contributed by atoms with Crippen molar-refractivity contribution in [2.75, 3.05) is 26.2 Å². The number of carbonyl (C=O) groups is 3. The van der Waals surface area contributed by atoms with E-state index in [1.165, 1.54) is 46.1 Å². The van der Waals surface area contributed by atoms with Crippen molar-refractivity contribution in [2.45, 2.75) is 82.1 Å². The van der Waals surface area contributed by atoms with Crippen molar-refractivity contribution < 1.29 is 38.2 Å². The van der Waals surface area contributed by atoms with Crippen molar-refractivity contribution in [3.8, 4) is 0 Å². The SMILES string of the molecule is CC[C@H](C)[C@@H](C(=O)N[C@@H](Cc1ccccc1)[C@@H](O)CN(CC1CCC1)S(=O)(=O)c1ccc(C=NO)cc1)N1CCN(Cc2csc(CNC(=O)O)n2)C1=O. The number of hydrogen-bond donors (Lipinski definition) is 5. The lowest BCUT2D eigenvalue weighted by molar-refractivity contribution is -0.128. The van der Waals surface area contributed by atoms with Crippen LogP contribution in [0.3, 0.4) is 0 Å². The number of aliphatic hydroxyl groups excluding tert-OH is 1. The van der Waals surface area contributed by atoms with E-state index < -0.39 is 40.2 Å². The van der Waals surface area contributed by atoms with Crippen molar-refractivity contribution in [3.63, 3.8) is 0 Å². The number of nitrogens with one attached hydrogen (secondary N) is 2. The number of benzene rings is 2. The van der Waals surface area contributed by atoms with E-state index in [1.807, 2.05) is 44.2 Å². The molecular formula is C37H49N7O8S2. The highest BCUT2D eigenvalue weighted by atomic mass is 32.2.